The number of nitrogens with two attached hydrogens (primary N) is 1. The van der Waals surface area contributed by atoms with Crippen molar-refractivity contribution in [3.63, 3.8) is 0 Å². The van der Waals surface area contributed by atoms with E-state index >= 15 is 0 Å². The Balaban J connectivity index is 2.10. The van der Waals surface area contributed by atoms with Crippen molar-refractivity contribution in [2.75, 3.05) is 13.2 Å². The second-order valence-electron chi connectivity index (χ2n) is 3.71. The Labute approximate surface area is 66.4 Å². The minimum absolute atomic E-state index is 0.296. The Morgan fingerprint density at radius 1 is 1.55 bits per heavy atom. The molecule has 0 aromatic heterocycles. The molecule has 62 valence electrons. The van der Waals surface area contributed by atoms with Gasteiger partial charge in [-0.25, -0.2) is 0 Å². The van der Waals surface area contributed by atoms with E-state index in [-0.39, 0.29) is 0 Å². The highest BCUT2D eigenvalue weighted by molar-refractivity contribution is 5.81. The summed E-state index contributed by atoms with van der Waals surface area (Å²) in [4.78, 5) is 0. The molecule has 1 aliphatic heterocycles. The molecule has 3 heteroatoms. The first kappa shape index (κ1) is 7.10. The highest BCUT2D eigenvalue weighted by atomic mass is 16.5. The molecule has 0 radical (unpaired) electrons. The smallest absolute Gasteiger partial charge is 0.0944 e. The molecule has 11 heavy (non-hydrogen) atoms. The second-order valence-corrected chi connectivity index (χ2v) is 3.71. The van der Waals surface area contributed by atoms with Crippen LogP contribution in [-0.4, -0.2) is 19.0 Å². The summed E-state index contributed by atoms with van der Waals surface area (Å²) in [5, 5.41) is 7.41. The topological polar surface area (TPSA) is 59.1 Å². The average molecular weight is 154 g/mol. The zero-order chi connectivity index (χ0) is 7.90. The van der Waals surface area contributed by atoms with Crippen molar-refractivity contribution in [2.24, 2.45) is 17.1 Å². The van der Waals surface area contributed by atoms with Gasteiger partial charge in [-0.05, 0) is 19.3 Å². The fraction of sp³-hybridized carbons (Fsp3) is 0.875. The summed E-state index contributed by atoms with van der Waals surface area (Å²) in [6, 6.07) is 0. The largest absolute Gasteiger partial charge is 0.387 e. The van der Waals surface area contributed by atoms with E-state index < -0.39 is 0 Å². The summed E-state index contributed by atoms with van der Waals surface area (Å²) in [6.45, 7) is 1.61. The van der Waals surface area contributed by atoms with E-state index in [0.717, 1.165) is 19.6 Å². The highest BCUT2D eigenvalue weighted by Crippen LogP contribution is 2.54. The van der Waals surface area contributed by atoms with Crippen molar-refractivity contribution in [3.05, 3.63) is 0 Å². The third kappa shape index (κ3) is 1.03. The van der Waals surface area contributed by atoms with Crippen LogP contribution in [0, 0.1) is 16.7 Å². The van der Waals surface area contributed by atoms with Crippen molar-refractivity contribution in [1.29, 1.82) is 5.41 Å². The van der Waals surface area contributed by atoms with Gasteiger partial charge >= 0.3 is 0 Å². The van der Waals surface area contributed by atoms with Crippen LogP contribution in [0.5, 0.6) is 0 Å². The molecule has 0 amide bonds. The zero-order valence-corrected chi connectivity index (χ0v) is 6.60. The molecule has 1 saturated heterocycles. The monoisotopic (exact) mass is 154 g/mol. The summed E-state index contributed by atoms with van der Waals surface area (Å²) in [6.07, 6.45) is 3.36. The maximum absolute atomic E-state index is 7.41. The van der Waals surface area contributed by atoms with Gasteiger partial charge in [-0.15, -0.1) is 0 Å². The van der Waals surface area contributed by atoms with Crippen LogP contribution in [-0.2, 0) is 4.74 Å². The SMILES string of the molecule is N=C(N)C1CCOCC12CC2. The molecule has 0 aromatic carbocycles. The van der Waals surface area contributed by atoms with Crippen LogP contribution in [0.1, 0.15) is 19.3 Å². The molecule has 2 fully saturated rings. The molecule has 1 unspecified atom stereocenters. The van der Waals surface area contributed by atoms with Gasteiger partial charge in [-0.3, -0.25) is 5.41 Å². The maximum Gasteiger partial charge on any atom is 0.0944 e. The molecule has 1 spiro atoms. The van der Waals surface area contributed by atoms with Gasteiger partial charge in [-0.2, -0.15) is 0 Å². The normalized spacial score (nSPS) is 33.6. The molecule has 2 aliphatic rings. The van der Waals surface area contributed by atoms with Crippen LogP contribution in [0.15, 0.2) is 0 Å². The maximum atomic E-state index is 7.41. The predicted octanol–water partition coefficient (Wildman–Crippen LogP) is 0.739. The van der Waals surface area contributed by atoms with Crippen LogP contribution in [0.3, 0.4) is 0 Å². The summed E-state index contributed by atoms with van der Waals surface area (Å²) < 4.78 is 5.38. The minimum Gasteiger partial charge on any atom is -0.387 e. The van der Waals surface area contributed by atoms with Gasteiger partial charge in [0.05, 0.1) is 12.4 Å². The zero-order valence-electron chi connectivity index (χ0n) is 6.60. The number of hydrogen-bond acceptors (Lipinski definition) is 2. The van der Waals surface area contributed by atoms with E-state index in [4.69, 9.17) is 15.9 Å². The van der Waals surface area contributed by atoms with Gasteiger partial charge in [0.15, 0.2) is 0 Å². The van der Waals surface area contributed by atoms with Crippen LogP contribution in [0.4, 0.5) is 0 Å². The van der Waals surface area contributed by atoms with Gasteiger partial charge in [0.2, 0.25) is 0 Å². The van der Waals surface area contributed by atoms with Gasteiger partial charge in [0, 0.05) is 17.9 Å². The molecule has 0 bridgehead atoms. The standard InChI is InChI=1S/C8H14N2O/c9-7(10)6-1-4-11-5-8(6)2-3-8/h6H,1-5H2,(H3,9,10). The molecule has 1 heterocycles. The minimum atomic E-state index is 0.296. The van der Waals surface area contributed by atoms with Crippen molar-refractivity contribution < 1.29 is 4.74 Å². The average Bonchev–Trinajstić information content (AvgIpc) is 2.70. The molecular weight excluding hydrogens is 140 g/mol. The molecule has 3 nitrogen and oxygen atoms in total. The van der Waals surface area contributed by atoms with Gasteiger partial charge in [0.25, 0.3) is 0 Å². The Bertz CT molecular complexity index is 187. The summed E-state index contributed by atoms with van der Waals surface area (Å²) >= 11 is 0. The lowest BCUT2D eigenvalue weighted by Crippen LogP contribution is -2.37. The van der Waals surface area contributed by atoms with Crippen LogP contribution in [0.2, 0.25) is 0 Å². The summed E-state index contributed by atoms with van der Waals surface area (Å²) in [5.41, 5.74) is 5.81. The Morgan fingerprint density at radius 2 is 2.27 bits per heavy atom. The van der Waals surface area contributed by atoms with Gasteiger partial charge < -0.3 is 10.5 Å². The van der Waals surface area contributed by atoms with E-state index in [2.05, 4.69) is 0 Å². The second kappa shape index (κ2) is 2.21. The fourth-order valence-corrected chi connectivity index (χ4v) is 2.02. The van der Waals surface area contributed by atoms with E-state index in [9.17, 15) is 0 Å². The summed E-state index contributed by atoms with van der Waals surface area (Å²) in [7, 11) is 0. The molecule has 0 aromatic rings. The summed E-state index contributed by atoms with van der Waals surface area (Å²) in [5.74, 6) is 0.682. The molecule has 1 atom stereocenters. The first-order valence-electron chi connectivity index (χ1n) is 4.16. The van der Waals surface area contributed by atoms with E-state index in [1.165, 1.54) is 12.8 Å². The number of nitrogens with one attached hydrogen (secondary N) is 1. The Kier molecular flexibility index (Phi) is 1.42. The van der Waals surface area contributed by atoms with E-state index in [1.807, 2.05) is 0 Å². The molecule has 2 rings (SSSR count). The number of hydrogen-bond donors (Lipinski definition) is 2. The van der Waals surface area contributed by atoms with Crippen LogP contribution >= 0.6 is 0 Å². The number of ether oxygens (including phenoxy) is 1. The Morgan fingerprint density at radius 3 is 2.73 bits per heavy atom. The molecule has 1 saturated carbocycles. The van der Waals surface area contributed by atoms with Gasteiger partial charge in [-0.1, -0.05) is 0 Å². The lowest BCUT2D eigenvalue weighted by molar-refractivity contribution is 0.0237. The van der Waals surface area contributed by atoms with E-state index in [0.29, 0.717) is 17.2 Å². The van der Waals surface area contributed by atoms with Crippen molar-refractivity contribution in [3.8, 4) is 0 Å². The van der Waals surface area contributed by atoms with Crippen molar-refractivity contribution in [1.82, 2.24) is 0 Å². The van der Waals surface area contributed by atoms with Crippen LogP contribution in [0.25, 0.3) is 0 Å². The molecule has 1 aliphatic carbocycles. The molecular formula is C8H14N2O. The van der Waals surface area contributed by atoms with Crippen LogP contribution < -0.4 is 5.73 Å². The first-order valence-corrected chi connectivity index (χ1v) is 4.16. The predicted molar refractivity (Wildman–Crippen MR) is 42.5 cm³/mol. The van der Waals surface area contributed by atoms with E-state index in [1.54, 1.807) is 0 Å². The lowest BCUT2D eigenvalue weighted by Gasteiger charge is -2.30. The first-order chi connectivity index (χ1) is 5.25. The van der Waals surface area contributed by atoms with Gasteiger partial charge in [0.1, 0.15) is 0 Å². The quantitative estimate of drug-likeness (QED) is 0.432. The number of rotatable bonds is 1. The fourth-order valence-electron chi connectivity index (χ4n) is 2.02. The van der Waals surface area contributed by atoms with Crippen molar-refractivity contribution in [2.45, 2.75) is 19.3 Å². The Hall–Kier alpha value is -0.570. The molecule has 3 N–H and O–H groups in total. The third-order valence-electron chi connectivity index (χ3n) is 2.95. The lowest BCUT2D eigenvalue weighted by atomic mass is 9.84. The number of amidine groups is 1. The third-order valence-corrected chi connectivity index (χ3v) is 2.95. The highest BCUT2D eigenvalue weighted by Gasteiger charge is 2.52. The van der Waals surface area contributed by atoms with Crippen molar-refractivity contribution >= 4 is 5.84 Å².